The number of halogens is 2. The van der Waals surface area contributed by atoms with Crippen LogP contribution in [0.3, 0.4) is 0 Å². The van der Waals surface area contributed by atoms with Crippen LogP contribution in [0.5, 0.6) is 5.75 Å². The summed E-state index contributed by atoms with van der Waals surface area (Å²) in [6, 6.07) is 7.12. The standard InChI is InChI=1S/C21H32F2O/c1-2-3-4-5-6-17-7-9-18(10-8-17)11-12-19-13-15-20(16-14-19)24-21(22)23/h13-18,21H,2-12H2,1H3. The predicted octanol–water partition coefficient (Wildman–Crippen LogP) is 7.00. The zero-order valence-electron chi connectivity index (χ0n) is 15.0. The summed E-state index contributed by atoms with van der Waals surface area (Å²) < 4.78 is 28.7. The third-order valence-electron chi connectivity index (χ3n) is 5.42. The minimum absolute atomic E-state index is 0.248. The Labute approximate surface area is 145 Å². The van der Waals surface area contributed by atoms with Gasteiger partial charge in [-0.25, -0.2) is 0 Å². The van der Waals surface area contributed by atoms with Crippen molar-refractivity contribution in [3.63, 3.8) is 0 Å². The number of aryl methyl sites for hydroxylation is 1. The fourth-order valence-electron chi connectivity index (χ4n) is 3.88. The van der Waals surface area contributed by atoms with Gasteiger partial charge in [-0.3, -0.25) is 0 Å². The zero-order valence-corrected chi connectivity index (χ0v) is 15.0. The van der Waals surface area contributed by atoms with E-state index in [0.717, 1.165) is 18.3 Å². The molecule has 1 aromatic rings. The van der Waals surface area contributed by atoms with Gasteiger partial charge in [0.05, 0.1) is 0 Å². The molecule has 0 bridgehead atoms. The van der Waals surface area contributed by atoms with Crippen molar-refractivity contribution < 1.29 is 13.5 Å². The van der Waals surface area contributed by atoms with E-state index in [1.165, 1.54) is 69.8 Å². The van der Waals surface area contributed by atoms with Crippen LogP contribution in [0.15, 0.2) is 24.3 Å². The Hall–Kier alpha value is -1.12. The van der Waals surface area contributed by atoms with E-state index < -0.39 is 6.61 Å². The molecular formula is C21H32F2O. The van der Waals surface area contributed by atoms with Crippen LogP contribution in [-0.2, 0) is 6.42 Å². The maximum absolute atomic E-state index is 12.1. The van der Waals surface area contributed by atoms with Crippen LogP contribution in [0.1, 0.15) is 76.7 Å². The number of ether oxygens (including phenoxy) is 1. The molecule has 2 rings (SSSR count). The van der Waals surface area contributed by atoms with Crippen LogP contribution < -0.4 is 4.74 Å². The van der Waals surface area contributed by atoms with Gasteiger partial charge in [0.2, 0.25) is 0 Å². The largest absolute Gasteiger partial charge is 0.435 e. The molecule has 0 aliphatic heterocycles. The zero-order chi connectivity index (χ0) is 17.2. The highest BCUT2D eigenvalue weighted by atomic mass is 19.3. The lowest BCUT2D eigenvalue weighted by Crippen LogP contribution is -2.15. The number of alkyl halides is 2. The van der Waals surface area contributed by atoms with Gasteiger partial charge < -0.3 is 4.74 Å². The van der Waals surface area contributed by atoms with Gasteiger partial charge in [-0.05, 0) is 42.4 Å². The Bertz CT molecular complexity index is 436. The molecule has 0 N–H and O–H groups in total. The maximum atomic E-state index is 12.1. The second-order valence-electron chi connectivity index (χ2n) is 7.30. The van der Waals surface area contributed by atoms with Gasteiger partial charge in [0.25, 0.3) is 0 Å². The molecule has 0 heterocycles. The van der Waals surface area contributed by atoms with Crippen molar-refractivity contribution in [2.75, 3.05) is 0 Å². The number of unbranched alkanes of at least 4 members (excludes halogenated alkanes) is 3. The molecule has 1 fully saturated rings. The first-order valence-electron chi connectivity index (χ1n) is 9.71. The minimum Gasteiger partial charge on any atom is -0.435 e. The first-order valence-corrected chi connectivity index (χ1v) is 9.71. The molecule has 0 aromatic heterocycles. The van der Waals surface area contributed by atoms with Crippen molar-refractivity contribution in [2.24, 2.45) is 11.8 Å². The lowest BCUT2D eigenvalue weighted by Gasteiger charge is -2.28. The molecule has 3 heteroatoms. The normalized spacial score (nSPS) is 21.2. The van der Waals surface area contributed by atoms with Crippen molar-refractivity contribution in [1.29, 1.82) is 0 Å². The summed E-state index contributed by atoms with van der Waals surface area (Å²) in [5, 5.41) is 0. The highest BCUT2D eigenvalue weighted by molar-refractivity contribution is 5.27. The summed E-state index contributed by atoms with van der Waals surface area (Å²) >= 11 is 0. The van der Waals surface area contributed by atoms with Gasteiger partial charge in [-0.2, -0.15) is 8.78 Å². The molecule has 136 valence electrons. The number of benzene rings is 1. The van der Waals surface area contributed by atoms with Gasteiger partial charge in [0.15, 0.2) is 0 Å². The summed E-state index contributed by atoms with van der Waals surface area (Å²) in [4.78, 5) is 0. The molecule has 0 spiro atoms. The van der Waals surface area contributed by atoms with Gasteiger partial charge in [-0.15, -0.1) is 0 Å². The van der Waals surface area contributed by atoms with Gasteiger partial charge >= 0.3 is 6.61 Å². The number of rotatable bonds is 10. The van der Waals surface area contributed by atoms with Crippen LogP contribution in [0.2, 0.25) is 0 Å². The first kappa shape index (κ1) is 19.2. The molecule has 1 aromatic carbocycles. The third kappa shape index (κ3) is 7.19. The Morgan fingerprint density at radius 3 is 2.12 bits per heavy atom. The van der Waals surface area contributed by atoms with Gasteiger partial charge in [0, 0.05) is 0 Å². The molecule has 1 aliphatic rings. The fraction of sp³-hybridized carbons (Fsp3) is 0.714. The molecule has 1 aliphatic carbocycles. The lowest BCUT2D eigenvalue weighted by molar-refractivity contribution is -0.0498. The van der Waals surface area contributed by atoms with E-state index in [-0.39, 0.29) is 5.75 Å². The van der Waals surface area contributed by atoms with E-state index in [1.807, 2.05) is 12.1 Å². The van der Waals surface area contributed by atoms with E-state index in [2.05, 4.69) is 11.7 Å². The second-order valence-corrected chi connectivity index (χ2v) is 7.30. The summed E-state index contributed by atoms with van der Waals surface area (Å²) in [7, 11) is 0. The van der Waals surface area contributed by atoms with E-state index in [4.69, 9.17) is 0 Å². The van der Waals surface area contributed by atoms with E-state index in [1.54, 1.807) is 12.1 Å². The van der Waals surface area contributed by atoms with Gasteiger partial charge in [0.1, 0.15) is 5.75 Å². The third-order valence-corrected chi connectivity index (χ3v) is 5.42. The van der Waals surface area contributed by atoms with Gasteiger partial charge in [-0.1, -0.05) is 76.8 Å². The molecule has 1 saturated carbocycles. The highest BCUT2D eigenvalue weighted by Gasteiger charge is 2.20. The Kier molecular flexibility index (Phi) is 8.55. The monoisotopic (exact) mass is 338 g/mol. The Morgan fingerprint density at radius 2 is 1.54 bits per heavy atom. The van der Waals surface area contributed by atoms with Crippen molar-refractivity contribution >= 4 is 0 Å². The van der Waals surface area contributed by atoms with Crippen LogP contribution in [0.4, 0.5) is 8.78 Å². The average Bonchev–Trinajstić information content (AvgIpc) is 2.59. The van der Waals surface area contributed by atoms with Crippen molar-refractivity contribution in [1.82, 2.24) is 0 Å². The van der Waals surface area contributed by atoms with E-state index in [0.29, 0.717) is 0 Å². The van der Waals surface area contributed by atoms with Crippen molar-refractivity contribution in [3.05, 3.63) is 29.8 Å². The Balaban J connectivity index is 1.62. The number of hydrogen-bond donors (Lipinski definition) is 0. The van der Waals surface area contributed by atoms with E-state index in [9.17, 15) is 8.78 Å². The topological polar surface area (TPSA) is 9.23 Å². The van der Waals surface area contributed by atoms with Crippen LogP contribution in [0.25, 0.3) is 0 Å². The quantitative estimate of drug-likeness (QED) is 0.417. The molecule has 0 radical (unpaired) electrons. The molecular weight excluding hydrogens is 306 g/mol. The molecule has 0 unspecified atom stereocenters. The first-order chi connectivity index (χ1) is 11.7. The maximum Gasteiger partial charge on any atom is 0.387 e. The minimum atomic E-state index is -2.74. The second kappa shape index (κ2) is 10.7. The van der Waals surface area contributed by atoms with E-state index >= 15 is 0 Å². The summed E-state index contributed by atoms with van der Waals surface area (Å²) in [5.74, 6) is 2.05. The molecule has 1 nitrogen and oxygen atoms in total. The van der Waals surface area contributed by atoms with Crippen LogP contribution in [0, 0.1) is 11.8 Å². The SMILES string of the molecule is CCCCCCC1CCC(CCc2ccc(OC(F)F)cc2)CC1. The smallest absolute Gasteiger partial charge is 0.387 e. The predicted molar refractivity (Wildman–Crippen MR) is 95.6 cm³/mol. The fourth-order valence-corrected chi connectivity index (χ4v) is 3.88. The molecule has 0 atom stereocenters. The van der Waals surface area contributed by atoms with Crippen LogP contribution in [-0.4, -0.2) is 6.61 Å². The lowest BCUT2D eigenvalue weighted by atomic mass is 9.78. The molecule has 0 saturated heterocycles. The van der Waals surface area contributed by atoms with Crippen molar-refractivity contribution in [3.8, 4) is 5.75 Å². The molecule has 0 amide bonds. The van der Waals surface area contributed by atoms with Crippen LogP contribution >= 0.6 is 0 Å². The summed E-state index contributed by atoms with van der Waals surface area (Å²) in [5.41, 5.74) is 1.22. The van der Waals surface area contributed by atoms with Crippen molar-refractivity contribution in [2.45, 2.75) is 84.2 Å². The molecule has 24 heavy (non-hydrogen) atoms. The highest BCUT2D eigenvalue weighted by Crippen LogP contribution is 2.34. The summed E-state index contributed by atoms with van der Waals surface area (Å²) in [6.45, 7) is -0.474. The average molecular weight is 338 g/mol. The summed E-state index contributed by atoms with van der Waals surface area (Å²) in [6.07, 6.45) is 14.7. The number of hydrogen-bond acceptors (Lipinski definition) is 1. The Morgan fingerprint density at radius 1 is 0.917 bits per heavy atom.